The standard InChI is InChI=1S/C18H18N2O3/c21-12-15-7-8-17(23-15)18-19-9-10-20(18)11-14-6-5-13-3-1-2-4-16(13)22-14/h1-4,7-10,14,21H,5-6,11-12H2/t14-/m1/s1. The van der Waals surface area contributed by atoms with Gasteiger partial charge in [-0.2, -0.15) is 0 Å². The Balaban J connectivity index is 1.53. The number of hydrogen-bond donors (Lipinski definition) is 1. The van der Waals surface area contributed by atoms with Gasteiger partial charge in [-0.05, 0) is 36.6 Å². The van der Waals surface area contributed by atoms with E-state index in [0.717, 1.165) is 31.0 Å². The van der Waals surface area contributed by atoms with Crippen LogP contribution in [0.1, 0.15) is 17.7 Å². The van der Waals surface area contributed by atoms with E-state index in [1.165, 1.54) is 5.56 Å². The molecule has 118 valence electrons. The number of benzene rings is 1. The van der Waals surface area contributed by atoms with E-state index < -0.39 is 0 Å². The number of para-hydroxylation sites is 1. The Hall–Kier alpha value is -2.53. The van der Waals surface area contributed by atoms with E-state index in [9.17, 15) is 0 Å². The normalized spacial score (nSPS) is 16.8. The van der Waals surface area contributed by atoms with Gasteiger partial charge in [0.1, 0.15) is 24.2 Å². The Kier molecular flexibility index (Phi) is 3.63. The second-order valence-electron chi connectivity index (χ2n) is 5.71. The number of ether oxygens (including phenoxy) is 1. The molecule has 3 aromatic rings. The van der Waals surface area contributed by atoms with Crippen molar-refractivity contribution < 1.29 is 14.3 Å². The first-order chi connectivity index (χ1) is 11.3. The number of fused-ring (bicyclic) bond motifs is 1. The fraction of sp³-hybridized carbons (Fsp3) is 0.278. The van der Waals surface area contributed by atoms with Crippen molar-refractivity contribution in [2.45, 2.75) is 32.1 Å². The molecular formula is C18H18N2O3. The number of aromatic nitrogens is 2. The molecule has 0 spiro atoms. The second kappa shape index (κ2) is 5.93. The summed E-state index contributed by atoms with van der Waals surface area (Å²) in [4.78, 5) is 4.38. The highest BCUT2D eigenvalue weighted by Gasteiger charge is 2.21. The Bertz CT molecular complexity index is 806. The van der Waals surface area contributed by atoms with Crippen LogP contribution in [0.15, 0.2) is 53.2 Å². The molecule has 1 aliphatic rings. The summed E-state index contributed by atoms with van der Waals surface area (Å²) < 4.78 is 13.7. The summed E-state index contributed by atoms with van der Waals surface area (Å²) in [6.45, 7) is 0.613. The van der Waals surface area contributed by atoms with Gasteiger partial charge in [-0.1, -0.05) is 18.2 Å². The number of nitrogens with zero attached hydrogens (tertiary/aromatic N) is 2. The predicted molar refractivity (Wildman–Crippen MR) is 85.0 cm³/mol. The van der Waals surface area contributed by atoms with E-state index in [0.29, 0.717) is 11.5 Å². The first kappa shape index (κ1) is 14.1. The summed E-state index contributed by atoms with van der Waals surface area (Å²) in [6, 6.07) is 11.8. The molecule has 23 heavy (non-hydrogen) atoms. The van der Waals surface area contributed by atoms with E-state index >= 15 is 0 Å². The molecule has 0 radical (unpaired) electrons. The quantitative estimate of drug-likeness (QED) is 0.804. The average Bonchev–Trinajstić information content (AvgIpc) is 3.23. The van der Waals surface area contributed by atoms with Gasteiger partial charge in [0, 0.05) is 12.4 Å². The van der Waals surface area contributed by atoms with Crippen LogP contribution in [0.25, 0.3) is 11.6 Å². The molecule has 0 saturated carbocycles. The summed E-state index contributed by atoms with van der Waals surface area (Å²) in [5.74, 6) is 2.94. The highest BCUT2D eigenvalue weighted by atomic mass is 16.5. The first-order valence-corrected chi connectivity index (χ1v) is 7.79. The monoisotopic (exact) mass is 310 g/mol. The molecule has 3 heterocycles. The molecule has 4 rings (SSSR count). The number of hydrogen-bond acceptors (Lipinski definition) is 4. The van der Waals surface area contributed by atoms with Crippen molar-refractivity contribution in [1.82, 2.24) is 9.55 Å². The largest absolute Gasteiger partial charge is 0.488 e. The maximum Gasteiger partial charge on any atom is 0.176 e. The maximum atomic E-state index is 9.13. The molecular weight excluding hydrogens is 292 g/mol. The third-order valence-corrected chi connectivity index (χ3v) is 4.16. The fourth-order valence-corrected chi connectivity index (χ4v) is 2.99. The van der Waals surface area contributed by atoms with Gasteiger partial charge in [-0.15, -0.1) is 0 Å². The van der Waals surface area contributed by atoms with Crippen molar-refractivity contribution in [3.8, 4) is 17.3 Å². The zero-order valence-electron chi connectivity index (χ0n) is 12.7. The molecule has 0 saturated heterocycles. The van der Waals surface area contributed by atoms with Crippen LogP contribution in [0.2, 0.25) is 0 Å². The van der Waals surface area contributed by atoms with Crippen LogP contribution in [0, 0.1) is 0 Å². The van der Waals surface area contributed by atoms with Crippen LogP contribution < -0.4 is 4.74 Å². The third-order valence-electron chi connectivity index (χ3n) is 4.16. The first-order valence-electron chi connectivity index (χ1n) is 7.79. The molecule has 1 N–H and O–H groups in total. The Morgan fingerprint density at radius 1 is 1.22 bits per heavy atom. The van der Waals surface area contributed by atoms with E-state index in [-0.39, 0.29) is 12.7 Å². The molecule has 0 fully saturated rings. The molecule has 5 heteroatoms. The lowest BCUT2D eigenvalue weighted by Crippen LogP contribution is -2.27. The van der Waals surface area contributed by atoms with Gasteiger partial charge in [0.2, 0.25) is 0 Å². The van der Waals surface area contributed by atoms with Crippen LogP contribution in [0.3, 0.4) is 0 Å². The van der Waals surface area contributed by atoms with E-state index in [2.05, 4.69) is 11.1 Å². The molecule has 5 nitrogen and oxygen atoms in total. The number of aliphatic hydroxyl groups is 1. The van der Waals surface area contributed by atoms with Crippen LogP contribution in [-0.4, -0.2) is 20.8 Å². The van der Waals surface area contributed by atoms with Gasteiger partial charge in [0.15, 0.2) is 11.6 Å². The van der Waals surface area contributed by atoms with Gasteiger partial charge in [-0.25, -0.2) is 4.98 Å². The number of aryl methyl sites for hydroxylation is 1. The molecule has 2 aromatic heterocycles. The maximum absolute atomic E-state index is 9.13. The lowest BCUT2D eigenvalue weighted by molar-refractivity contribution is 0.154. The summed E-state index contributed by atoms with van der Waals surface area (Å²) in [7, 11) is 0. The molecule has 1 aliphatic heterocycles. The summed E-state index contributed by atoms with van der Waals surface area (Å²) in [6.07, 6.45) is 5.81. The molecule has 0 unspecified atom stereocenters. The second-order valence-corrected chi connectivity index (χ2v) is 5.71. The zero-order chi connectivity index (χ0) is 15.6. The van der Waals surface area contributed by atoms with Gasteiger partial charge in [-0.3, -0.25) is 0 Å². The third kappa shape index (κ3) is 2.75. The number of imidazole rings is 1. The fourth-order valence-electron chi connectivity index (χ4n) is 2.99. The molecule has 0 bridgehead atoms. The van der Waals surface area contributed by atoms with Gasteiger partial charge in [0.05, 0.1) is 6.54 Å². The van der Waals surface area contributed by atoms with E-state index in [1.54, 1.807) is 12.3 Å². The lowest BCUT2D eigenvalue weighted by atomic mass is 10.0. The van der Waals surface area contributed by atoms with Crippen molar-refractivity contribution in [2.24, 2.45) is 0 Å². The number of aliphatic hydroxyl groups excluding tert-OH is 1. The van der Waals surface area contributed by atoms with Crippen molar-refractivity contribution >= 4 is 0 Å². The minimum Gasteiger partial charge on any atom is -0.488 e. The summed E-state index contributed by atoms with van der Waals surface area (Å²) >= 11 is 0. The minimum atomic E-state index is -0.108. The molecule has 0 amide bonds. The van der Waals surface area contributed by atoms with Gasteiger partial charge in [0.25, 0.3) is 0 Å². The van der Waals surface area contributed by atoms with Crippen molar-refractivity contribution in [3.05, 3.63) is 60.1 Å². The number of furan rings is 1. The van der Waals surface area contributed by atoms with Crippen LogP contribution in [-0.2, 0) is 19.6 Å². The Morgan fingerprint density at radius 3 is 3.00 bits per heavy atom. The van der Waals surface area contributed by atoms with E-state index in [1.807, 2.05) is 35.0 Å². The smallest absolute Gasteiger partial charge is 0.176 e. The van der Waals surface area contributed by atoms with Crippen molar-refractivity contribution in [2.75, 3.05) is 0 Å². The van der Waals surface area contributed by atoms with Gasteiger partial charge < -0.3 is 18.8 Å². The Morgan fingerprint density at radius 2 is 2.13 bits per heavy atom. The number of rotatable bonds is 4. The van der Waals surface area contributed by atoms with Crippen LogP contribution in [0.5, 0.6) is 5.75 Å². The topological polar surface area (TPSA) is 60.4 Å². The van der Waals surface area contributed by atoms with Crippen LogP contribution >= 0.6 is 0 Å². The van der Waals surface area contributed by atoms with Crippen molar-refractivity contribution in [1.29, 1.82) is 0 Å². The summed E-state index contributed by atoms with van der Waals surface area (Å²) in [5, 5.41) is 9.13. The van der Waals surface area contributed by atoms with Crippen molar-refractivity contribution in [3.63, 3.8) is 0 Å². The minimum absolute atomic E-state index is 0.108. The SMILES string of the molecule is OCc1ccc(-c2nccn2C[C@H]2CCc3ccccc3O2)o1. The predicted octanol–water partition coefficient (Wildman–Crippen LogP) is 3.03. The molecule has 0 aliphatic carbocycles. The highest BCUT2D eigenvalue weighted by molar-refractivity contribution is 5.47. The average molecular weight is 310 g/mol. The molecule has 1 atom stereocenters. The zero-order valence-corrected chi connectivity index (χ0v) is 12.7. The lowest BCUT2D eigenvalue weighted by Gasteiger charge is -2.26. The highest BCUT2D eigenvalue weighted by Crippen LogP contribution is 2.28. The van der Waals surface area contributed by atoms with E-state index in [4.69, 9.17) is 14.3 Å². The Labute approximate surface area is 134 Å². The summed E-state index contributed by atoms with van der Waals surface area (Å²) in [5.41, 5.74) is 1.27. The van der Waals surface area contributed by atoms with Gasteiger partial charge >= 0.3 is 0 Å². The van der Waals surface area contributed by atoms with Crippen LogP contribution in [0.4, 0.5) is 0 Å². The molecule has 1 aromatic carbocycles.